The van der Waals surface area contributed by atoms with Crippen LogP contribution in [-0.2, 0) is 6.61 Å². The molecular weight excluding hydrogens is 416 g/mol. The fraction of sp³-hybridized carbons (Fsp3) is 0.0435. The second-order valence-electron chi connectivity index (χ2n) is 6.65. The number of anilines is 3. The van der Waals surface area contributed by atoms with Gasteiger partial charge in [0.2, 0.25) is 5.95 Å². The van der Waals surface area contributed by atoms with Crippen molar-refractivity contribution in [2.24, 2.45) is 0 Å². The smallest absolute Gasteiger partial charge is 0.274 e. The summed E-state index contributed by atoms with van der Waals surface area (Å²) in [6, 6.07) is 15.3. The van der Waals surface area contributed by atoms with Gasteiger partial charge in [-0.3, -0.25) is 9.78 Å². The van der Waals surface area contributed by atoms with Crippen LogP contribution in [0.3, 0.4) is 0 Å². The van der Waals surface area contributed by atoms with E-state index in [4.69, 9.17) is 4.74 Å². The first-order valence-electron chi connectivity index (χ1n) is 9.55. The van der Waals surface area contributed by atoms with Crippen molar-refractivity contribution in [1.82, 2.24) is 15.0 Å². The first-order valence-corrected chi connectivity index (χ1v) is 9.55. The first-order chi connectivity index (χ1) is 15.6. The predicted octanol–water partition coefficient (Wildman–Crippen LogP) is 4.72. The van der Waals surface area contributed by atoms with Crippen LogP contribution in [0.4, 0.5) is 26.1 Å². The van der Waals surface area contributed by atoms with Gasteiger partial charge < -0.3 is 15.4 Å². The average molecular weight is 433 g/mol. The summed E-state index contributed by atoms with van der Waals surface area (Å²) in [7, 11) is 0. The molecule has 4 rings (SSSR count). The Bertz CT molecular complexity index is 1240. The minimum Gasteiger partial charge on any atom is -0.489 e. The second kappa shape index (κ2) is 9.61. The van der Waals surface area contributed by atoms with Crippen LogP contribution < -0.4 is 15.4 Å². The van der Waals surface area contributed by atoms with Crippen molar-refractivity contribution in [2.75, 3.05) is 10.6 Å². The van der Waals surface area contributed by atoms with E-state index in [9.17, 15) is 13.6 Å². The van der Waals surface area contributed by atoms with Crippen LogP contribution in [0, 0.1) is 11.6 Å². The Hall–Kier alpha value is -4.40. The second-order valence-corrected chi connectivity index (χ2v) is 6.65. The Kier molecular flexibility index (Phi) is 6.26. The highest BCUT2D eigenvalue weighted by Crippen LogP contribution is 2.19. The molecule has 2 N–H and O–H groups in total. The molecule has 0 bridgehead atoms. The van der Waals surface area contributed by atoms with Crippen molar-refractivity contribution in [3.8, 4) is 5.75 Å². The van der Waals surface area contributed by atoms with E-state index in [1.54, 1.807) is 48.8 Å². The molecule has 0 saturated carbocycles. The van der Waals surface area contributed by atoms with Gasteiger partial charge in [0.1, 0.15) is 18.1 Å². The van der Waals surface area contributed by atoms with Crippen LogP contribution in [0.5, 0.6) is 5.75 Å². The zero-order valence-electron chi connectivity index (χ0n) is 16.6. The zero-order valence-corrected chi connectivity index (χ0v) is 16.6. The lowest BCUT2D eigenvalue weighted by atomic mass is 10.2. The third-order valence-corrected chi connectivity index (χ3v) is 4.31. The molecule has 160 valence electrons. The summed E-state index contributed by atoms with van der Waals surface area (Å²) >= 11 is 0. The van der Waals surface area contributed by atoms with Crippen LogP contribution in [0.1, 0.15) is 16.1 Å². The number of pyridine rings is 1. The van der Waals surface area contributed by atoms with Gasteiger partial charge in [0, 0.05) is 36.0 Å². The molecule has 2 aromatic heterocycles. The summed E-state index contributed by atoms with van der Waals surface area (Å²) in [5.41, 5.74) is 2.19. The van der Waals surface area contributed by atoms with Crippen molar-refractivity contribution >= 4 is 23.2 Å². The maximum absolute atomic E-state index is 13.3. The molecule has 0 aliphatic carbocycles. The fourth-order valence-electron chi connectivity index (χ4n) is 2.78. The number of nitrogens with one attached hydrogen (secondary N) is 2. The SMILES string of the molecule is O=C(Nc1cccc(COc2ccc(F)c(F)c2)c1)c1ccnc(Nc2ccncc2)n1. The Labute approximate surface area is 182 Å². The molecule has 9 heteroatoms. The molecule has 0 atom stereocenters. The fourth-order valence-corrected chi connectivity index (χ4v) is 2.78. The standard InChI is InChI=1S/C23H17F2N5O2/c24-19-5-4-18(13-20(19)25)32-14-15-2-1-3-17(12-15)28-22(31)21-8-11-27-23(30-21)29-16-6-9-26-10-7-16/h1-13H,14H2,(H,28,31)(H,26,27,29,30). The zero-order chi connectivity index (χ0) is 22.3. The number of hydrogen-bond acceptors (Lipinski definition) is 6. The largest absolute Gasteiger partial charge is 0.489 e. The summed E-state index contributed by atoms with van der Waals surface area (Å²) in [5, 5.41) is 5.78. The van der Waals surface area contributed by atoms with E-state index in [0.717, 1.165) is 23.4 Å². The number of hydrogen-bond donors (Lipinski definition) is 2. The minimum absolute atomic E-state index is 0.113. The van der Waals surface area contributed by atoms with Gasteiger partial charge in [-0.05, 0) is 48.0 Å². The number of nitrogens with zero attached hydrogens (tertiary/aromatic N) is 3. The van der Waals surface area contributed by atoms with Gasteiger partial charge >= 0.3 is 0 Å². The number of aromatic nitrogens is 3. The van der Waals surface area contributed by atoms with E-state index >= 15 is 0 Å². The van der Waals surface area contributed by atoms with E-state index in [2.05, 4.69) is 25.6 Å². The van der Waals surface area contributed by atoms with Crippen molar-refractivity contribution in [3.05, 3.63) is 102 Å². The molecule has 0 unspecified atom stereocenters. The highest BCUT2D eigenvalue weighted by Gasteiger charge is 2.10. The number of carbonyl (C=O) groups is 1. The number of ether oxygens (including phenoxy) is 1. The molecule has 0 saturated heterocycles. The van der Waals surface area contributed by atoms with E-state index in [0.29, 0.717) is 5.69 Å². The van der Waals surface area contributed by atoms with Crippen molar-refractivity contribution < 1.29 is 18.3 Å². The minimum atomic E-state index is -0.980. The van der Waals surface area contributed by atoms with Crippen molar-refractivity contribution in [3.63, 3.8) is 0 Å². The van der Waals surface area contributed by atoms with E-state index in [1.165, 1.54) is 18.3 Å². The maximum atomic E-state index is 13.3. The summed E-state index contributed by atoms with van der Waals surface area (Å²) in [6.45, 7) is 0.113. The van der Waals surface area contributed by atoms with Crippen LogP contribution >= 0.6 is 0 Å². The van der Waals surface area contributed by atoms with Gasteiger partial charge in [0.15, 0.2) is 11.6 Å². The molecule has 7 nitrogen and oxygen atoms in total. The molecular formula is C23H17F2N5O2. The van der Waals surface area contributed by atoms with E-state index in [1.807, 2.05) is 0 Å². The van der Waals surface area contributed by atoms with Gasteiger partial charge in [-0.1, -0.05) is 12.1 Å². The monoisotopic (exact) mass is 433 g/mol. The Morgan fingerprint density at radius 2 is 1.75 bits per heavy atom. The van der Waals surface area contributed by atoms with Gasteiger partial charge in [0.05, 0.1) is 0 Å². The third-order valence-electron chi connectivity index (χ3n) is 4.31. The predicted molar refractivity (Wildman–Crippen MR) is 115 cm³/mol. The van der Waals surface area contributed by atoms with Crippen LogP contribution in [0.25, 0.3) is 0 Å². The molecule has 0 aliphatic rings. The molecule has 1 amide bonds. The van der Waals surface area contributed by atoms with E-state index in [-0.39, 0.29) is 24.0 Å². The molecule has 2 heterocycles. The number of halogens is 2. The lowest BCUT2D eigenvalue weighted by Crippen LogP contribution is -2.15. The Balaban J connectivity index is 1.40. The molecule has 0 fully saturated rings. The highest BCUT2D eigenvalue weighted by molar-refractivity contribution is 6.03. The highest BCUT2D eigenvalue weighted by atomic mass is 19.2. The van der Waals surface area contributed by atoms with Gasteiger partial charge in [-0.15, -0.1) is 0 Å². The number of rotatable bonds is 7. The Morgan fingerprint density at radius 3 is 2.56 bits per heavy atom. The lowest BCUT2D eigenvalue weighted by Gasteiger charge is -2.10. The normalized spacial score (nSPS) is 10.4. The molecule has 32 heavy (non-hydrogen) atoms. The average Bonchev–Trinajstić information content (AvgIpc) is 2.81. The van der Waals surface area contributed by atoms with E-state index < -0.39 is 17.5 Å². The maximum Gasteiger partial charge on any atom is 0.274 e. The topological polar surface area (TPSA) is 89.0 Å². The van der Waals surface area contributed by atoms with Gasteiger partial charge in [0.25, 0.3) is 5.91 Å². The quantitative estimate of drug-likeness (QED) is 0.438. The summed E-state index contributed by atoms with van der Waals surface area (Å²) in [6.07, 6.45) is 4.74. The number of amides is 1. The third kappa shape index (κ3) is 5.39. The number of benzene rings is 2. The first kappa shape index (κ1) is 20.9. The van der Waals surface area contributed by atoms with Crippen molar-refractivity contribution in [2.45, 2.75) is 6.61 Å². The van der Waals surface area contributed by atoms with Crippen LogP contribution in [0.15, 0.2) is 79.3 Å². The molecule has 0 spiro atoms. The number of carbonyl (C=O) groups excluding carboxylic acids is 1. The molecule has 0 aliphatic heterocycles. The summed E-state index contributed by atoms with van der Waals surface area (Å²) in [5.74, 6) is -1.85. The van der Waals surface area contributed by atoms with Gasteiger partial charge in [-0.25, -0.2) is 18.7 Å². The van der Waals surface area contributed by atoms with Crippen molar-refractivity contribution in [1.29, 1.82) is 0 Å². The lowest BCUT2D eigenvalue weighted by molar-refractivity contribution is 0.102. The molecule has 2 aromatic carbocycles. The van der Waals surface area contributed by atoms with Crippen LogP contribution in [-0.4, -0.2) is 20.9 Å². The van der Waals surface area contributed by atoms with Crippen LogP contribution in [0.2, 0.25) is 0 Å². The summed E-state index contributed by atoms with van der Waals surface area (Å²) in [4.78, 5) is 24.9. The molecule has 0 radical (unpaired) electrons. The van der Waals surface area contributed by atoms with Gasteiger partial charge in [-0.2, -0.15) is 0 Å². The summed E-state index contributed by atoms with van der Waals surface area (Å²) < 4.78 is 31.8. The molecule has 4 aromatic rings. The Morgan fingerprint density at radius 1 is 0.906 bits per heavy atom.